The van der Waals surface area contributed by atoms with E-state index in [0.29, 0.717) is 31.2 Å². The maximum atomic E-state index is 11.9. The van der Waals surface area contributed by atoms with Gasteiger partial charge in [0.05, 0.1) is 24.4 Å². The summed E-state index contributed by atoms with van der Waals surface area (Å²) < 4.78 is 15.1. The van der Waals surface area contributed by atoms with Gasteiger partial charge in [0.2, 0.25) is 0 Å². The van der Waals surface area contributed by atoms with E-state index in [1.165, 1.54) is 61.6 Å². The van der Waals surface area contributed by atoms with Crippen molar-refractivity contribution in [3.05, 3.63) is 53.6 Å². The number of para-hydroxylation sites is 1. The van der Waals surface area contributed by atoms with E-state index >= 15 is 0 Å². The molecule has 190 valence electrons. The van der Waals surface area contributed by atoms with Crippen molar-refractivity contribution in [2.75, 3.05) is 32.8 Å². The van der Waals surface area contributed by atoms with Gasteiger partial charge in [0.15, 0.2) is 0 Å². The van der Waals surface area contributed by atoms with Gasteiger partial charge >= 0.3 is 5.97 Å². The molecule has 6 heteroatoms. The third-order valence-corrected chi connectivity index (χ3v) is 8.28. The number of benzene rings is 2. The van der Waals surface area contributed by atoms with Crippen LogP contribution in [0.3, 0.4) is 0 Å². The maximum Gasteiger partial charge on any atom is 0.335 e. The first-order valence-electron chi connectivity index (χ1n) is 13.6. The Kier molecular flexibility index (Phi) is 6.72. The Hall–Kier alpha value is -2.83. The fourth-order valence-electron chi connectivity index (χ4n) is 6.48. The molecule has 0 spiro atoms. The smallest absolute Gasteiger partial charge is 0.335 e. The Balaban J connectivity index is 1.45. The number of rotatable bonds is 6. The van der Waals surface area contributed by atoms with Crippen LogP contribution in [0.2, 0.25) is 0 Å². The van der Waals surface area contributed by atoms with E-state index in [2.05, 4.69) is 27.7 Å². The minimum absolute atomic E-state index is 0.108. The van der Waals surface area contributed by atoms with Crippen molar-refractivity contribution >= 4 is 16.9 Å². The number of hydrogen-bond donors (Lipinski definition) is 1. The molecule has 2 fully saturated rings. The summed E-state index contributed by atoms with van der Waals surface area (Å²) in [7, 11) is 0. The van der Waals surface area contributed by atoms with Crippen LogP contribution in [0.5, 0.6) is 5.75 Å². The van der Waals surface area contributed by atoms with Crippen molar-refractivity contribution in [3.8, 4) is 17.0 Å². The van der Waals surface area contributed by atoms with Crippen LogP contribution in [-0.4, -0.2) is 59.5 Å². The highest BCUT2D eigenvalue weighted by Gasteiger charge is 2.31. The molecular formula is C30H36N2O4. The van der Waals surface area contributed by atoms with Crippen molar-refractivity contribution in [1.82, 2.24) is 9.47 Å². The SMILES string of the molecule is O=C(O)c1ccc2c(C3CCCCC3)c3n(c2c1)C[C@H](OCCN1CCCC1)COc1ccccc1-3. The van der Waals surface area contributed by atoms with Crippen LogP contribution in [0.25, 0.3) is 22.2 Å². The van der Waals surface area contributed by atoms with Crippen LogP contribution in [0.4, 0.5) is 0 Å². The Morgan fingerprint density at radius 3 is 2.64 bits per heavy atom. The molecule has 0 amide bonds. The van der Waals surface area contributed by atoms with E-state index in [1.807, 2.05) is 18.2 Å². The normalized spacial score (nSPS) is 20.9. The largest absolute Gasteiger partial charge is 0.490 e. The van der Waals surface area contributed by atoms with Gasteiger partial charge in [-0.3, -0.25) is 0 Å². The summed E-state index contributed by atoms with van der Waals surface area (Å²) in [5.74, 6) is 0.458. The lowest BCUT2D eigenvalue weighted by molar-refractivity contribution is 0.00214. The van der Waals surface area contributed by atoms with Crippen LogP contribution in [0, 0.1) is 0 Å². The third-order valence-electron chi connectivity index (χ3n) is 8.28. The molecule has 0 bridgehead atoms. The Bertz CT molecular complexity index is 1240. The zero-order valence-electron chi connectivity index (χ0n) is 21.0. The first-order valence-corrected chi connectivity index (χ1v) is 13.6. The summed E-state index contributed by atoms with van der Waals surface area (Å²) in [5, 5.41) is 11.0. The van der Waals surface area contributed by atoms with Crippen LogP contribution in [0.1, 0.15) is 66.8 Å². The van der Waals surface area contributed by atoms with Crippen molar-refractivity contribution in [1.29, 1.82) is 0 Å². The number of aromatic nitrogens is 1. The van der Waals surface area contributed by atoms with Crippen LogP contribution in [0.15, 0.2) is 42.5 Å². The fourth-order valence-corrected chi connectivity index (χ4v) is 6.48. The molecule has 6 rings (SSSR count). The maximum absolute atomic E-state index is 11.9. The minimum Gasteiger partial charge on any atom is -0.490 e. The van der Waals surface area contributed by atoms with E-state index in [-0.39, 0.29) is 6.10 Å². The lowest BCUT2D eigenvalue weighted by atomic mass is 9.81. The number of aromatic carboxylic acids is 1. The first-order chi connectivity index (χ1) is 17.7. The molecular weight excluding hydrogens is 452 g/mol. The van der Waals surface area contributed by atoms with Crippen LogP contribution in [-0.2, 0) is 11.3 Å². The quantitative estimate of drug-likeness (QED) is 0.466. The topological polar surface area (TPSA) is 63.9 Å². The highest BCUT2D eigenvalue weighted by atomic mass is 16.5. The summed E-state index contributed by atoms with van der Waals surface area (Å²) >= 11 is 0. The number of likely N-dealkylation sites (tertiary alicyclic amines) is 1. The summed E-state index contributed by atoms with van der Waals surface area (Å²) in [6.45, 7) is 5.08. The zero-order chi connectivity index (χ0) is 24.5. The van der Waals surface area contributed by atoms with Gasteiger partial charge in [-0.2, -0.15) is 0 Å². The van der Waals surface area contributed by atoms with Gasteiger partial charge in [0, 0.05) is 23.0 Å². The predicted octanol–water partition coefficient (Wildman–Crippen LogP) is 5.93. The first kappa shape index (κ1) is 23.6. The number of nitrogens with zero attached hydrogens (tertiary/aromatic N) is 2. The monoisotopic (exact) mass is 488 g/mol. The molecule has 0 radical (unpaired) electrons. The van der Waals surface area contributed by atoms with Crippen molar-refractivity contribution in [2.24, 2.45) is 0 Å². The van der Waals surface area contributed by atoms with Gasteiger partial charge < -0.3 is 24.0 Å². The third kappa shape index (κ3) is 4.53. The molecule has 3 heterocycles. The van der Waals surface area contributed by atoms with Crippen molar-refractivity contribution in [2.45, 2.75) is 63.5 Å². The number of carboxylic acid groups (broad SMARTS) is 1. The van der Waals surface area contributed by atoms with E-state index in [1.54, 1.807) is 6.07 Å². The molecule has 2 aliphatic heterocycles. The van der Waals surface area contributed by atoms with Gasteiger partial charge in [-0.15, -0.1) is 0 Å². The molecule has 1 aromatic heterocycles. The van der Waals surface area contributed by atoms with E-state index in [0.717, 1.165) is 36.5 Å². The van der Waals surface area contributed by atoms with Gasteiger partial charge in [0.25, 0.3) is 0 Å². The van der Waals surface area contributed by atoms with E-state index < -0.39 is 5.97 Å². The lowest BCUT2D eigenvalue weighted by Gasteiger charge is -2.28. The second-order valence-electron chi connectivity index (χ2n) is 10.6. The van der Waals surface area contributed by atoms with Crippen LogP contribution >= 0.6 is 0 Å². The standard InChI is InChI=1S/C30H36N2O4/c33-30(34)22-12-13-24-26(18-22)32-19-23(35-17-16-31-14-6-7-15-31)20-36-27-11-5-4-10-25(27)29(32)28(24)21-8-2-1-3-9-21/h4-5,10-13,18,21,23H,1-3,6-9,14-17,19-20H2,(H,33,34)/t23-/m0/s1. The molecule has 1 aliphatic carbocycles. The number of hydrogen-bond acceptors (Lipinski definition) is 4. The van der Waals surface area contributed by atoms with Crippen LogP contribution < -0.4 is 4.74 Å². The van der Waals surface area contributed by atoms with Gasteiger partial charge in [-0.1, -0.05) is 37.5 Å². The highest BCUT2D eigenvalue weighted by Crippen LogP contribution is 2.47. The summed E-state index contributed by atoms with van der Waals surface area (Å²) in [6.07, 6.45) is 8.56. The van der Waals surface area contributed by atoms with Crippen molar-refractivity contribution in [3.63, 3.8) is 0 Å². The molecule has 3 aromatic rings. The molecule has 1 N–H and O–H groups in total. The molecule has 6 nitrogen and oxygen atoms in total. The lowest BCUT2D eigenvalue weighted by Crippen LogP contribution is -2.32. The van der Waals surface area contributed by atoms with E-state index in [4.69, 9.17) is 9.47 Å². The number of ether oxygens (including phenoxy) is 2. The van der Waals surface area contributed by atoms with Gasteiger partial charge in [-0.25, -0.2) is 4.79 Å². The molecule has 1 atom stereocenters. The highest BCUT2D eigenvalue weighted by molar-refractivity contribution is 5.98. The Morgan fingerprint density at radius 2 is 1.83 bits per heavy atom. The molecule has 0 unspecified atom stereocenters. The Morgan fingerprint density at radius 1 is 1.03 bits per heavy atom. The number of carbonyl (C=O) groups is 1. The molecule has 2 aromatic carbocycles. The average molecular weight is 489 g/mol. The van der Waals surface area contributed by atoms with Gasteiger partial charge in [0.1, 0.15) is 18.5 Å². The summed E-state index contributed by atoms with van der Waals surface area (Å²) in [4.78, 5) is 14.4. The fraction of sp³-hybridized carbons (Fsp3) is 0.500. The molecule has 1 saturated heterocycles. The average Bonchev–Trinajstić information content (AvgIpc) is 3.52. The second-order valence-corrected chi connectivity index (χ2v) is 10.6. The van der Waals surface area contributed by atoms with E-state index in [9.17, 15) is 9.90 Å². The zero-order valence-corrected chi connectivity index (χ0v) is 21.0. The Labute approximate surface area is 212 Å². The predicted molar refractivity (Wildman–Crippen MR) is 141 cm³/mol. The minimum atomic E-state index is -0.889. The number of carboxylic acids is 1. The van der Waals surface area contributed by atoms with Crippen molar-refractivity contribution < 1.29 is 19.4 Å². The van der Waals surface area contributed by atoms with Gasteiger partial charge in [-0.05, 0) is 74.5 Å². The summed E-state index contributed by atoms with van der Waals surface area (Å²) in [6, 6.07) is 14.0. The molecule has 1 saturated carbocycles. The summed E-state index contributed by atoms with van der Waals surface area (Å²) in [5.41, 5.74) is 4.96. The second kappa shape index (κ2) is 10.3. The molecule has 36 heavy (non-hydrogen) atoms. The molecule has 3 aliphatic rings. The number of fused-ring (bicyclic) bond motifs is 5.